The van der Waals surface area contributed by atoms with Crippen molar-refractivity contribution in [2.75, 3.05) is 6.54 Å². The van der Waals surface area contributed by atoms with Crippen molar-refractivity contribution in [1.82, 2.24) is 15.1 Å². The van der Waals surface area contributed by atoms with E-state index >= 15 is 0 Å². The van der Waals surface area contributed by atoms with Crippen molar-refractivity contribution in [3.8, 4) is 10.7 Å². The second-order valence-electron chi connectivity index (χ2n) is 3.88. The van der Waals surface area contributed by atoms with Crippen molar-refractivity contribution in [2.45, 2.75) is 25.0 Å². The van der Waals surface area contributed by atoms with Crippen LogP contribution in [0.1, 0.15) is 24.8 Å². The summed E-state index contributed by atoms with van der Waals surface area (Å²) >= 11 is 1.48. The van der Waals surface area contributed by atoms with Crippen molar-refractivity contribution >= 4 is 11.3 Å². The fourth-order valence-corrected chi connectivity index (χ4v) is 2.40. The Labute approximate surface area is 102 Å². The highest BCUT2D eigenvalue weighted by atomic mass is 32.1. The Hall–Kier alpha value is -1.31. The second-order valence-corrected chi connectivity index (χ2v) is 4.77. The molecule has 0 aliphatic carbocycles. The van der Waals surface area contributed by atoms with Crippen LogP contribution in [0.5, 0.6) is 0 Å². The van der Waals surface area contributed by atoms with Gasteiger partial charge in [0.15, 0.2) is 0 Å². The van der Waals surface area contributed by atoms with E-state index in [9.17, 15) is 0 Å². The lowest BCUT2D eigenvalue weighted by atomic mass is 10.2. The van der Waals surface area contributed by atoms with Gasteiger partial charge in [-0.1, -0.05) is 5.16 Å². The minimum absolute atomic E-state index is 0.110. The Kier molecular flexibility index (Phi) is 2.87. The Morgan fingerprint density at radius 1 is 1.47 bits per heavy atom. The molecule has 1 aliphatic rings. The molecule has 0 spiro atoms. The number of aromatic nitrogens is 3. The van der Waals surface area contributed by atoms with E-state index in [0.717, 1.165) is 17.7 Å². The van der Waals surface area contributed by atoms with Gasteiger partial charge in [-0.15, -0.1) is 11.3 Å². The fraction of sp³-hybridized carbons (Fsp3) is 0.500. The molecule has 90 valence electrons. The molecule has 0 bridgehead atoms. The molecule has 2 aromatic heterocycles. The van der Waals surface area contributed by atoms with Crippen molar-refractivity contribution in [3.63, 3.8) is 0 Å². The number of rotatable bonds is 3. The lowest BCUT2D eigenvalue weighted by Crippen LogP contribution is -2.18. The van der Waals surface area contributed by atoms with Gasteiger partial charge < -0.3 is 15.0 Å². The number of nitrogens with two attached hydrogens (primary N) is 1. The zero-order chi connectivity index (χ0) is 11.7. The van der Waals surface area contributed by atoms with Gasteiger partial charge in [-0.2, -0.15) is 4.98 Å². The number of hydrogen-bond donors (Lipinski definition) is 1. The molecule has 3 rings (SSSR count). The quantitative estimate of drug-likeness (QED) is 0.887. The first-order chi connectivity index (χ1) is 8.36. The van der Waals surface area contributed by atoms with Crippen molar-refractivity contribution < 1.29 is 9.26 Å². The Bertz CT molecular complexity index is 484. The molecule has 17 heavy (non-hydrogen) atoms. The van der Waals surface area contributed by atoms with E-state index in [1.54, 1.807) is 11.7 Å². The molecule has 0 radical (unpaired) electrons. The third-order valence-electron chi connectivity index (χ3n) is 2.74. The lowest BCUT2D eigenvalue weighted by Gasteiger charge is -2.07. The SMILES string of the molecule is NCC1CCC(c2nc(-c3cncs3)no2)O1. The van der Waals surface area contributed by atoms with E-state index < -0.39 is 0 Å². The summed E-state index contributed by atoms with van der Waals surface area (Å²) in [7, 11) is 0. The van der Waals surface area contributed by atoms with Crippen LogP contribution in [0.2, 0.25) is 0 Å². The van der Waals surface area contributed by atoms with Gasteiger partial charge in [0, 0.05) is 12.7 Å². The van der Waals surface area contributed by atoms with Crippen molar-refractivity contribution in [2.24, 2.45) is 5.73 Å². The predicted molar refractivity (Wildman–Crippen MR) is 61.3 cm³/mol. The third-order valence-corrected chi connectivity index (χ3v) is 3.51. The normalized spacial score (nSPS) is 24.3. The van der Waals surface area contributed by atoms with Crippen LogP contribution in [0.15, 0.2) is 16.2 Å². The third kappa shape index (κ3) is 2.08. The molecule has 2 atom stereocenters. The smallest absolute Gasteiger partial charge is 0.256 e. The minimum atomic E-state index is -0.113. The van der Waals surface area contributed by atoms with Gasteiger partial charge in [0.2, 0.25) is 5.82 Å². The molecular weight excluding hydrogens is 240 g/mol. The predicted octanol–water partition coefficient (Wildman–Crippen LogP) is 1.37. The zero-order valence-corrected chi connectivity index (χ0v) is 9.89. The van der Waals surface area contributed by atoms with Gasteiger partial charge in [0.1, 0.15) is 6.10 Å². The van der Waals surface area contributed by atoms with Crippen LogP contribution in [0.3, 0.4) is 0 Å². The molecule has 1 fully saturated rings. The molecule has 2 unspecified atom stereocenters. The zero-order valence-electron chi connectivity index (χ0n) is 9.07. The highest BCUT2D eigenvalue weighted by Crippen LogP contribution is 2.32. The van der Waals surface area contributed by atoms with Crippen LogP contribution < -0.4 is 5.73 Å². The average Bonchev–Trinajstić information content (AvgIpc) is 3.09. The second kappa shape index (κ2) is 4.52. The molecular formula is C10H12N4O2S. The summed E-state index contributed by atoms with van der Waals surface area (Å²) in [6.07, 6.45) is 3.54. The Morgan fingerprint density at radius 3 is 3.12 bits per heavy atom. The van der Waals surface area contributed by atoms with Crippen LogP contribution in [-0.2, 0) is 4.74 Å². The number of thiazole rings is 1. The van der Waals surface area contributed by atoms with Gasteiger partial charge >= 0.3 is 0 Å². The molecule has 3 heterocycles. The van der Waals surface area contributed by atoms with E-state index in [1.165, 1.54) is 11.3 Å². The van der Waals surface area contributed by atoms with Gasteiger partial charge in [0.25, 0.3) is 5.89 Å². The molecule has 0 aromatic carbocycles. The topological polar surface area (TPSA) is 87.1 Å². The lowest BCUT2D eigenvalue weighted by molar-refractivity contribution is 0.0307. The molecule has 1 saturated heterocycles. The van der Waals surface area contributed by atoms with Gasteiger partial charge in [-0.25, -0.2) is 0 Å². The van der Waals surface area contributed by atoms with E-state index in [2.05, 4.69) is 15.1 Å². The Morgan fingerprint density at radius 2 is 2.41 bits per heavy atom. The van der Waals surface area contributed by atoms with Crippen LogP contribution in [0.25, 0.3) is 10.7 Å². The molecule has 1 aliphatic heterocycles. The van der Waals surface area contributed by atoms with E-state index in [1.807, 2.05) is 0 Å². The van der Waals surface area contributed by atoms with Crippen LogP contribution in [0, 0.1) is 0 Å². The first-order valence-corrected chi connectivity index (χ1v) is 6.33. The summed E-state index contributed by atoms with van der Waals surface area (Å²) in [5.41, 5.74) is 7.30. The largest absolute Gasteiger partial charge is 0.364 e. The number of nitrogens with zero attached hydrogens (tertiary/aromatic N) is 3. The summed E-state index contributed by atoms with van der Waals surface area (Å²) in [4.78, 5) is 9.21. The summed E-state index contributed by atoms with van der Waals surface area (Å²) in [5.74, 6) is 1.10. The minimum Gasteiger partial charge on any atom is -0.364 e. The summed E-state index contributed by atoms with van der Waals surface area (Å²) < 4.78 is 10.9. The van der Waals surface area contributed by atoms with Gasteiger partial charge in [0.05, 0.1) is 16.5 Å². The van der Waals surface area contributed by atoms with Gasteiger partial charge in [-0.3, -0.25) is 4.98 Å². The summed E-state index contributed by atoms with van der Waals surface area (Å²) in [6, 6.07) is 0. The van der Waals surface area contributed by atoms with Crippen molar-refractivity contribution in [3.05, 3.63) is 17.6 Å². The van der Waals surface area contributed by atoms with Crippen molar-refractivity contribution in [1.29, 1.82) is 0 Å². The molecule has 0 saturated carbocycles. The fourth-order valence-electron chi connectivity index (χ4n) is 1.85. The van der Waals surface area contributed by atoms with Crippen LogP contribution in [0.4, 0.5) is 0 Å². The number of ether oxygens (including phenoxy) is 1. The van der Waals surface area contributed by atoms with Crippen LogP contribution >= 0.6 is 11.3 Å². The molecule has 0 amide bonds. The van der Waals surface area contributed by atoms with E-state index in [4.69, 9.17) is 15.0 Å². The monoisotopic (exact) mass is 252 g/mol. The highest BCUT2D eigenvalue weighted by Gasteiger charge is 2.30. The molecule has 2 aromatic rings. The summed E-state index contributed by atoms with van der Waals surface area (Å²) in [5, 5.41) is 3.93. The Balaban J connectivity index is 1.77. The average molecular weight is 252 g/mol. The maximum absolute atomic E-state index is 5.69. The first-order valence-electron chi connectivity index (χ1n) is 5.45. The van der Waals surface area contributed by atoms with Crippen LogP contribution in [-0.4, -0.2) is 27.8 Å². The molecule has 7 heteroatoms. The van der Waals surface area contributed by atoms with Gasteiger partial charge in [-0.05, 0) is 12.8 Å². The maximum atomic E-state index is 5.69. The number of hydrogen-bond acceptors (Lipinski definition) is 7. The molecule has 6 nitrogen and oxygen atoms in total. The molecule has 2 N–H and O–H groups in total. The summed E-state index contributed by atoms with van der Waals surface area (Å²) in [6.45, 7) is 0.534. The first kappa shape index (κ1) is 10.8. The standard InChI is InChI=1S/C10H12N4O2S/c11-3-6-1-2-7(15-6)10-13-9(14-16-10)8-4-12-5-17-8/h4-7H,1-3,11H2. The van der Waals surface area contributed by atoms with E-state index in [0.29, 0.717) is 18.3 Å². The highest BCUT2D eigenvalue weighted by molar-refractivity contribution is 7.13. The van der Waals surface area contributed by atoms with E-state index in [-0.39, 0.29) is 12.2 Å². The maximum Gasteiger partial charge on any atom is 0.256 e.